The van der Waals surface area contributed by atoms with Crippen LogP contribution in [0.4, 0.5) is 0 Å². The zero-order valence-electron chi connectivity index (χ0n) is 6.90. The Hall–Kier alpha value is -1.52. The lowest BCUT2D eigenvalue weighted by Gasteiger charge is -1.89. The van der Waals surface area contributed by atoms with Crippen molar-refractivity contribution >= 4 is 5.78 Å². The molecule has 0 amide bonds. The van der Waals surface area contributed by atoms with Crippen molar-refractivity contribution in [3.8, 4) is 0 Å². The van der Waals surface area contributed by atoms with E-state index in [0.717, 1.165) is 0 Å². The van der Waals surface area contributed by atoms with Crippen molar-refractivity contribution in [2.75, 3.05) is 0 Å². The predicted molar refractivity (Wildman–Crippen MR) is 42.3 cm³/mol. The van der Waals surface area contributed by atoms with Crippen molar-refractivity contribution in [2.24, 2.45) is 7.05 Å². The summed E-state index contributed by atoms with van der Waals surface area (Å²) in [4.78, 5) is 12.4. The van der Waals surface area contributed by atoms with Crippen molar-refractivity contribution in [2.45, 2.75) is 12.8 Å². The maximum absolute atomic E-state index is 11.0. The van der Waals surface area contributed by atoms with Gasteiger partial charge in [0.1, 0.15) is 5.78 Å². The van der Waals surface area contributed by atoms with Gasteiger partial charge in [-0.3, -0.25) is 4.79 Å². The number of aryl methyl sites for hydroxylation is 1. The minimum atomic E-state index is 0.0537. The van der Waals surface area contributed by atoms with E-state index in [9.17, 15) is 4.79 Å². The Bertz CT molecular complexity index is 291. The van der Waals surface area contributed by atoms with Gasteiger partial charge in [0, 0.05) is 6.42 Å². The van der Waals surface area contributed by atoms with Crippen LogP contribution in [-0.2, 0) is 18.3 Å². The summed E-state index contributed by atoms with van der Waals surface area (Å²) in [5.74, 6) is 0.516. The van der Waals surface area contributed by atoms with E-state index < -0.39 is 0 Å². The summed E-state index contributed by atoms with van der Waals surface area (Å²) >= 11 is 0. The molecule has 0 aliphatic rings. The van der Waals surface area contributed by atoms with Gasteiger partial charge in [-0.05, 0) is 5.21 Å². The van der Waals surface area contributed by atoms with Crippen LogP contribution in [0.5, 0.6) is 0 Å². The quantitative estimate of drug-likeness (QED) is 0.586. The van der Waals surface area contributed by atoms with E-state index in [1.807, 2.05) is 0 Å². The number of tetrazole rings is 1. The monoisotopic (exact) mass is 166 g/mol. The van der Waals surface area contributed by atoms with Gasteiger partial charge in [-0.25, -0.2) is 0 Å². The molecule has 0 N–H and O–H groups in total. The van der Waals surface area contributed by atoms with Gasteiger partial charge in [0.2, 0.25) is 0 Å². The van der Waals surface area contributed by atoms with E-state index in [1.165, 1.54) is 4.80 Å². The third-order valence-corrected chi connectivity index (χ3v) is 1.28. The molecule has 0 aliphatic heterocycles. The van der Waals surface area contributed by atoms with Gasteiger partial charge >= 0.3 is 0 Å². The first kappa shape index (κ1) is 8.58. The van der Waals surface area contributed by atoms with Crippen LogP contribution in [0.1, 0.15) is 12.2 Å². The molecule has 1 heterocycles. The molecular weight excluding hydrogens is 156 g/mol. The third kappa shape index (κ3) is 2.26. The standard InChI is InChI=1S/C7H10N4O/c1-3-4-6(12)5-7-8-10-11(2)9-7/h3H,1,4-5H2,2H3. The molecule has 0 saturated carbocycles. The number of nitrogens with zero attached hydrogens (tertiary/aromatic N) is 4. The molecule has 12 heavy (non-hydrogen) atoms. The Morgan fingerprint density at radius 2 is 2.50 bits per heavy atom. The largest absolute Gasteiger partial charge is 0.299 e. The van der Waals surface area contributed by atoms with Crippen LogP contribution in [0.2, 0.25) is 0 Å². The van der Waals surface area contributed by atoms with Crippen LogP contribution in [0.15, 0.2) is 12.7 Å². The third-order valence-electron chi connectivity index (χ3n) is 1.28. The fourth-order valence-corrected chi connectivity index (χ4v) is 0.804. The Kier molecular flexibility index (Phi) is 2.68. The zero-order chi connectivity index (χ0) is 8.97. The molecule has 1 aromatic rings. The second kappa shape index (κ2) is 3.75. The highest BCUT2D eigenvalue weighted by Crippen LogP contribution is 1.93. The summed E-state index contributed by atoms with van der Waals surface area (Å²) in [7, 11) is 1.66. The van der Waals surface area contributed by atoms with Gasteiger partial charge in [0.25, 0.3) is 0 Å². The molecule has 1 aromatic heterocycles. The second-order valence-electron chi connectivity index (χ2n) is 2.40. The Labute approximate surface area is 70.1 Å². The van der Waals surface area contributed by atoms with Crippen LogP contribution in [-0.4, -0.2) is 26.0 Å². The van der Waals surface area contributed by atoms with Crippen molar-refractivity contribution in [1.29, 1.82) is 0 Å². The first-order valence-corrected chi connectivity index (χ1v) is 3.58. The maximum atomic E-state index is 11.0. The predicted octanol–water partition coefficient (Wildman–Crippen LogP) is -0.102. The lowest BCUT2D eigenvalue weighted by Crippen LogP contribution is -2.03. The average Bonchev–Trinajstić information content (AvgIpc) is 2.36. The van der Waals surface area contributed by atoms with Crippen LogP contribution in [0.25, 0.3) is 0 Å². The Balaban J connectivity index is 2.52. The molecule has 5 heteroatoms. The first-order valence-electron chi connectivity index (χ1n) is 3.58. The number of hydrogen-bond acceptors (Lipinski definition) is 4. The van der Waals surface area contributed by atoms with Gasteiger partial charge in [-0.15, -0.1) is 16.8 Å². The molecule has 0 radical (unpaired) electrons. The summed E-state index contributed by atoms with van der Waals surface area (Å²) in [5, 5.41) is 11.2. The van der Waals surface area contributed by atoms with E-state index in [0.29, 0.717) is 12.2 Å². The molecule has 1 rings (SSSR count). The lowest BCUT2D eigenvalue weighted by molar-refractivity contribution is -0.117. The van der Waals surface area contributed by atoms with Crippen LogP contribution in [0.3, 0.4) is 0 Å². The minimum absolute atomic E-state index is 0.0537. The molecular formula is C7H10N4O. The van der Waals surface area contributed by atoms with Crippen LogP contribution >= 0.6 is 0 Å². The normalized spacial score (nSPS) is 9.75. The molecule has 0 unspecified atom stereocenters. The topological polar surface area (TPSA) is 60.7 Å². The summed E-state index contributed by atoms with van der Waals surface area (Å²) in [6.45, 7) is 3.47. The molecule has 5 nitrogen and oxygen atoms in total. The highest BCUT2D eigenvalue weighted by Gasteiger charge is 2.05. The fourth-order valence-electron chi connectivity index (χ4n) is 0.804. The number of rotatable bonds is 4. The summed E-state index contributed by atoms with van der Waals surface area (Å²) in [5.41, 5.74) is 0. The van der Waals surface area contributed by atoms with Crippen molar-refractivity contribution < 1.29 is 4.79 Å². The molecule has 0 fully saturated rings. The van der Waals surface area contributed by atoms with Gasteiger partial charge in [-0.2, -0.15) is 4.80 Å². The molecule has 0 bridgehead atoms. The molecule has 0 aromatic carbocycles. The van der Waals surface area contributed by atoms with Crippen LogP contribution < -0.4 is 0 Å². The number of ketones is 1. The molecule has 0 aliphatic carbocycles. The van der Waals surface area contributed by atoms with Crippen molar-refractivity contribution in [3.63, 3.8) is 0 Å². The highest BCUT2D eigenvalue weighted by molar-refractivity contribution is 5.81. The number of allylic oxidation sites excluding steroid dienone is 1. The van der Waals surface area contributed by atoms with Gasteiger partial charge in [0.05, 0.1) is 13.5 Å². The highest BCUT2D eigenvalue weighted by atomic mass is 16.1. The Morgan fingerprint density at radius 3 is 3.00 bits per heavy atom. The van der Waals surface area contributed by atoms with Gasteiger partial charge in [-0.1, -0.05) is 6.08 Å². The smallest absolute Gasteiger partial charge is 0.182 e. The number of Topliss-reactive ketones (excluding diaryl/α,β-unsaturated/α-hetero) is 1. The molecule has 0 atom stereocenters. The SMILES string of the molecule is C=CCC(=O)Cc1nnn(C)n1. The molecule has 0 spiro atoms. The molecule has 0 saturated heterocycles. The van der Waals surface area contributed by atoms with E-state index in [1.54, 1.807) is 13.1 Å². The molecule has 64 valence electrons. The average molecular weight is 166 g/mol. The van der Waals surface area contributed by atoms with Gasteiger partial charge in [0.15, 0.2) is 5.82 Å². The van der Waals surface area contributed by atoms with Crippen molar-refractivity contribution in [3.05, 3.63) is 18.5 Å². The number of aromatic nitrogens is 4. The minimum Gasteiger partial charge on any atom is -0.299 e. The van der Waals surface area contributed by atoms with E-state index in [4.69, 9.17) is 0 Å². The van der Waals surface area contributed by atoms with E-state index >= 15 is 0 Å². The number of carbonyl (C=O) groups is 1. The van der Waals surface area contributed by atoms with E-state index in [-0.39, 0.29) is 12.2 Å². The summed E-state index contributed by atoms with van der Waals surface area (Å²) in [6.07, 6.45) is 2.16. The lowest BCUT2D eigenvalue weighted by atomic mass is 10.2. The number of hydrogen-bond donors (Lipinski definition) is 0. The van der Waals surface area contributed by atoms with E-state index in [2.05, 4.69) is 22.0 Å². The maximum Gasteiger partial charge on any atom is 0.182 e. The fraction of sp³-hybridized carbons (Fsp3) is 0.429. The number of carbonyl (C=O) groups excluding carboxylic acids is 1. The summed E-state index contributed by atoms with van der Waals surface area (Å²) in [6, 6.07) is 0. The Morgan fingerprint density at radius 1 is 1.75 bits per heavy atom. The first-order chi connectivity index (χ1) is 5.72. The van der Waals surface area contributed by atoms with Crippen molar-refractivity contribution in [1.82, 2.24) is 20.2 Å². The zero-order valence-corrected chi connectivity index (χ0v) is 6.90. The van der Waals surface area contributed by atoms with Gasteiger partial charge < -0.3 is 0 Å². The summed E-state index contributed by atoms with van der Waals surface area (Å²) < 4.78 is 0. The van der Waals surface area contributed by atoms with Crippen LogP contribution in [0, 0.1) is 0 Å². The second-order valence-corrected chi connectivity index (χ2v) is 2.40.